The Balaban J connectivity index is 1.38. The number of H-pyrrole nitrogens is 1. The van der Waals surface area contributed by atoms with E-state index in [-0.39, 0.29) is 18.0 Å². The fraction of sp³-hybridized carbons (Fsp3) is 0.0526. The molecule has 0 bridgehead atoms. The number of aromatic amines is 1. The summed E-state index contributed by atoms with van der Waals surface area (Å²) >= 11 is 6.11. The highest BCUT2D eigenvalue weighted by Gasteiger charge is 2.14. The molecule has 4 rings (SSSR count). The molecule has 140 valence electrons. The van der Waals surface area contributed by atoms with E-state index in [1.165, 1.54) is 10.9 Å². The van der Waals surface area contributed by atoms with Gasteiger partial charge in [0.2, 0.25) is 5.91 Å². The lowest BCUT2D eigenvalue weighted by molar-refractivity contribution is -0.121. The van der Waals surface area contributed by atoms with Crippen LogP contribution in [0.15, 0.2) is 60.9 Å². The largest absolute Gasteiger partial charge is 0.361 e. The van der Waals surface area contributed by atoms with Gasteiger partial charge in [-0.1, -0.05) is 47.1 Å². The van der Waals surface area contributed by atoms with Crippen molar-refractivity contribution in [2.75, 3.05) is 0 Å². The number of amides is 2. The minimum absolute atomic E-state index is 0.0484. The van der Waals surface area contributed by atoms with Crippen LogP contribution in [-0.4, -0.2) is 31.8 Å². The van der Waals surface area contributed by atoms with E-state index in [2.05, 4.69) is 26.1 Å². The third-order valence-corrected chi connectivity index (χ3v) is 4.49. The van der Waals surface area contributed by atoms with Crippen LogP contribution < -0.4 is 10.9 Å². The zero-order chi connectivity index (χ0) is 19.5. The number of nitrogens with zero attached hydrogens (tertiary/aromatic N) is 3. The second-order valence-electron chi connectivity index (χ2n) is 6.04. The summed E-state index contributed by atoms with van der Waals surface area (Å²) in [5.41, 5.74) is 7.16. The van der Waals surface area contributed by atoms with Crippen molar-refractivity contribution in [1.29, 1.82) is 0 Å². The Kier molecular flexibility index (Phi) is 4.77. The lowest BCUT2D eigenvalue weighted by atomic mass is 10.1. The van der Waals surface area contributed by atoms with Gasteiger partial charge >= 0.3 is 0 Å². The Morgan fingerprint density at radius 2 is 1.86 bits per heavy atom. The SMILES string of the molecule is O=C(Cc1c[nH]c2ccccc12)NNC(=O)c1cn(-c2ccccc2Cl)nn1. The number of carbonyl (C=O) groups is 2. The maximum atomic E-state index is 12.2. The number of carbonyl (C=O) groups excluding carboxylic acids is 2. The number of fused-ring (bicyclic) bond motifs is 1. The van der Waals surface area contributed by atoms with Crippen LogP contribution in [0.5, 0.6) is 0 Å². The number of hydrogen-bond acceptors (Lipinski definition) is 4. The van der Waals surface area contributed by atoms with Crippen molar-refractivity contribution >= 4 is 34.3 Å². The smallest absolute Gasteiger partial charge is 0.291 e. The first-order valence-corrected chi connectivity index (χ1v) is 8.81. The van der Waals surface area contributed by atoms with E-state index in [1.54, 1.807) is 30.5 Å². The summed E-state index contributed by atoms with van der Waals surface area (Å²) in [6.07, 6.45) is 3.33. The highest BCUT2D eigenvalue weighted by Crippen LogP contribution is 2.19. The molecule has 0 aliphatic heterocycles. The second kappa shape index (κ2) is 7.53. The van der Waals surface area contributed by atoms with Gasteiger partial charge in [0.1, 0.15) is 0 Å². The molecule has 0 aliphatic rings. The predicted molar refractivity (Wildman–Crippen MR) is 104 cm³/mol. The molecule has 0 unspecified atom stereocenters. The molecule has 0 aliphatic carbocycles. The molecule has 3 N–H and O–H groups in total. The molecule has 0 saturated heterocycles. The van der Waals surface area contributed by atoms with E-state index in [9.17, 15) is 9.59 Å². The Morgan fingerprint density at radius 3 is 2.71 bits per heavy atom. The molecule has 2 aromatic carbocycles. The van der Waals surface area contributed by atoms with Gasteiger partial charge in [-0.2, -0.15) is 0 Å². The van der Waals surface area contributed by atoms with E-state index in [0.717, 1.165) is 16.5 Å². The van der Waals surface area contributed by atoms with Gasteiger partial charge in [-0.15, -0.1) is 5.10 Å². The first-order valence-electron chi connectivity index (χ1n) is 8.43. The molecule has 0 spiro atoms. The number of hydrogen-bond donors (Lipinski definition) is 3. The zero-order valence-corrected chi connectivity index (χ0v) is 15.3. The van der Waals surface area contributed by atoms with Gasteiger partial charge in [-0.25, -0.2) is 4.68 Å². The molecular formula is C19H15ClN6O2. The van der Waals surface area contributed by atoms with Gasteiger partial charge in [0, 0.05) is 17.1 Å². The van der Waals surface area contributed by atoms with Crippen molar-refractivity contribution in [2.45, 2.75) is 6.42 Å². The van der Waals surface area contributed by atoms with Crippen molar-refractivity contribution in [3.05, 3.63) is 77.2 Å². The number of halogens is 1. The van der Waals surface area contributed by atoms with Crippen LogP contribution in [0.25, 0.3) is 16.6 Å². The van der Waals surface area contributed by atoms with Crippen molar-refractivity contribution in [3.8, 4) is 5.69 Å². The highest BCUT2D eigenvalue weighted by atomic mass is 35.5. The zero-order valence-electron chi connectivity index (χ0n) is 14.5. The number of hydrazine groups is 1. The molecule has 28 heavy (non-hydrogen) atoms. The van der Waals surface area contributed by atoms with Crippen LogP contribution in [0.1, 0.15) is 16.1 Å². The summed E-state index contributed by atoms with van der Waals surface area (Å²) < 4.78 is 1.39. The van der Waals surface area contributed by atoms with E-state index >= 15 is 0 Å². The normalized spacial score (nSPS) is 10.8. The maximum Gasteiger partial charge on any atom is 0.291 e. The van der Waals surface area contributed by atoms with Gasteiger partial charge in [0.05, 0.1) is 23.3 Å². The van der Waals surface area contributed by atoms with Gasteiger partial charge in [0.15, 0.2) is 5.69 Å². The van der Waals surface area contributed by atoms with Gasteiger partial charge in [0.25, 0.3) is 5.91 Å². The Labute approximate surface area is 164 Å². The topological polar surface area (TPSA) is 105 Å². The predicted octanol–water partition coefficient (Wildman–Crippen LogP) is 2.41. The van der Waals surface area contributed by atoms with Crippen molar-refractivity contribution in [1.82, 2.24) is 30.8 Å². The first kappa shape index (κ1) is 17.7. The van der Waals surface area contributed by atoms with Crippen LogP contribution in [-0.2, 0) is 11.2 Å². The molecular weight excluding hydrogens is 380 g/mol. The van der Waals surface area contributed by atoms with Gasteiger partial charge < -0.3 is 4.98 Å². The average molecular weight is 395 g/mol. The number of aromatic nitrogens is 4. The molecule has 8 nitrogen and oxygen atoms in total. The van der Waals surface area contributed by atoms with Crippen LogP contribution in [0.4, 0.5) is 0 Å². The fourth-order valence-corrected chi connectivity index (χ4v) is 3.03. The quantitative estimate of drug-likeness (QED) is 0.462. The summed E-state index contributed by atoms with van der Waals surface area (Å²) in [7, 11) is 0. The second-order valence-corrected chi connectivity index (χ2v) is 6.45. The Bertz CT molecular complexity index is 1170. The lowest BCUT2D eigenvalue weighted by Gasteiger charge is -2.05. The van der Waals surface area contributed by atoms with Crippen LogP contribution in [0.3, 0.4) is 0 Å². The van der Waals surface area contributed by atoms with Crippen molar-refractivity contribution in [3.63, 3.8) is 0 Å². The third-order valence-electron chi connectivity index (χ3n) is 4.17. The molecule has 0 fully saturated rings. The highest BCUT2D eigenvalue weighted by molar-refractivity contribution is 6.32. The minimum atomic E-state index is -0.578. The number of para-hydroxylation sites is 2. The summed E-state index contributed by atoms with van der Waals surface area (Å²) in [5.74, 6) is -0.929. The Hall–Kier alpha value is -3.65. The number of benzene rings is 2. The third kappa shape index (κ3) is 3.58. The molecule has 2 amide bonds. The molecule has 2 heterocycles. The van der Waals surface area contributed by atoms with Crippen LogP contribution in [0, 0.1) is 0 Å². The molecule has 9 heteroatoms. The first-order chi connectivity index (χ1) is 13.6. The van der Waals surface area contributed by atoms with Crippen LogP contribution in [0.2, 0.25) is 5.02 Å². The Morgan fingerprint density at radius 1 is 1.07 bits per heavy atom. The molecule has 0 saturated carbocycles. The summed E-state index contributed by atoms with van der Waals surface area (Å²) in [6, 6.07) is 14.7. The molecule has 4 aromatic rings. The van der Waals surface area contributed by atoms with E-state index in [0.29, 0.717) is 10.7 Å². The summed E-state index contributed by atoms with van der Waals surface area (Å²) in [6.45, 7) is 0. The summed E-state index contributed by atoms with van der Waals surface area (Å²) in [5, 5.41) is 9.15. The van der Waals surface area contributed by atoms with Gasteiger partial charge in [-0.05, 0) is 23.8 Å². The molecule has 2 aromatic heterocycles. The van der Waals surface area contributed by atoms with Crippen molar-refractivity contribution < 1.29 is 9.59 Å². The lowest BCUT2D eigenvalue weighted by Crippen LogP contribution is -2.42. The standard InChI is InChI=1S/C19H15ClN6O2/c20-14-6-2-4-8-17(14)26-11-16(22-25-26)19(28)24-23-18(27)9-12-10-21-15-7-3-1-5-13(12)15/h1-8,10-11,21H,9H2,(H,23,27)(H,24,28). The molecule has 0 atom stereocenters. The molecule has 0 radical (unpaired) electrons. The monoisotopic (exact) mass is 394 g/mol. The summed E-state index contributed by atoms with van der Waals surface area (Å²) in [4.78, 5) is 27.5. The van der Waals surface area contributed by atoms with E-state index in [4.69, 9.17) is 11.6 Å². The number of rotatable bonds is 4. The fourth-order valence-electron chi connectivity index (χ4n) is 2.81. The van der Waals surface area contributed by atoms with E-state index < -0.39 is 5.91 Å². The maximum absolute atomic E-state index is 12.2. The minimum Gasteiger partial charge on any atom is -0.361 e. The van der Waals surface area contributed by atoms with Crippen LogP contribution >= 0.6 is 11.6 Å². The number of nitrogens with one attached hydrogen (secondary N) is 3. The van der Waals surface area contributed by atoms with E-state index in [1.807, 2.05) is 24.3 Å². The average Bonchev–Trinajstić information content (AvgIpc) is 3.34. The van der Waals surface area contributed by atoms with Gasteiger partial charge in [-0.3, -0.25) is 20.4 Å². The van der Waals surface area contributed by atoms with Crippen molar-refractivity contribution in [2.24, 2.45) is 0 Å².